The van der Waals surface area contributed by atoms with Gasteiger partial charge in [-0.1, -0.05) is 35.3 Å². The lowest BCUT2D eigenvalue weighted by atomic mass is 10.0. The summed E-state index contributed by atoms with van der Waals surface area (Å²) in [5, 5.41) is 3.64. The fourth-order valence-corrected chi connectivity index (χ4v) is 4.60. The molecule has 1 aliphatic rings. The SMILES string of the molecule is CC(C)Oc1ccc(/N=c2\n(N)c(=O)n(CC(=O)NCC3CCOCC3)c(=O)n2Cc2ccc(Cl)cc2)cc1Cl. The standard InChI is InChI=1S/C27H32Cl2N6O5/c1-17(2)40-23-8-7-21(13-22(23)29)32-25-33(15-19-3-5-20(28)6-4-19)26(37)34(27(38)35(25)30)16-24(36)31-14-18-9-11-39-12-10-18/h3-8,13,17-18H,9-12,14-16,30H2,1-2H3,(H,31,36)/b32-25-. The minimum atomic E-state index is -0.886. The van der Waals surface area contributed by atoms with E-state index in [-0.39, 0.29) is 24.2 Å². The van der Waals surface area contributed by atoms with E-state index in [2.05, 4.69) is 10.3 Å². The maximum atomic E-state index is 13.6. The molecule has 1 amide bonds. The predicted octanol–water partition coefficient (Wildman–Crippen LogP) is 2.44. The summed E-state index contributed by atoms with van der Waals surface area (Å²) in [5.74, 6) is 6.46. The Labute approximate surface area is 240 Å². The number of nitrogens with one attached hydrogen (secondary N) is 1. The van der Waals surface area contributed by atoms with Crippen LogP contribution in [0.25, 0.3) is 0 Å². The van der Waals surface area contributed by atoms with E-state index in [0.29, 0.717) is 46.8 Å². The van der Waals surface area contributed by atoms with Crippen molar-refractivity contribution in [3.05, 3.63) is 84.7 Å². The first kappa shape index (κ1) is 29.4. The monoisotopic (exact) mass is 590 g/mol. The zero-order valence-electron chi connectivity index (χ0n) is 22.3. The van der Waals surface area contributed by atoms with Gasteiger partial charge in [0.1, 0.15) is 12.3 Å². The smallest absolute Gasteiger partial charge is 0.354 e. The number of rotatable bonds is 9. The minimum Gasteiger partial charge on any atom is -0.489 e. The Morgan fingerprint density at radius 1 is 1.10 bits per heavy atom. The normalized spacial score (nSPS) is 14.5. The number of hydrogen-bond acceptors (Lipinski definition) is 7. The zero-order chi connectivity index (χ0) is 28.8. The average molecular weight is 591 g/mol. The van der Waals surface area contributed by atoms with E-state index in [1.165, 1.54) is 4.57 Å². The van der Waals surface area contributed by atoms with Crippen LogP contribution in [-0.4, -0.2) is 45.6 Å². The molecule has 3 N–H and O–H groups in total. The molecule has 13 heteroatoms. The molecule has 0 bridgehead atoms. The van der Waals surface area contributed by atoms with Crippen molar-refractivity contribution in [1.29, 1.82) is 0 Å². The van der Waals surface area contributed by atoms with E-state index in [9.17, 15) is 14.4 Å². The lowest BCUT2D eigenvalue weighted by molar-refractivity contribution is -0.122. The van der Waals surface area contributed by atoms with E-state index in [1.807, 2.05) is 13.8 Å². The highest BCUT2D eigenvalue weighted by atomic mass is 35.5. The van der Waals surface area contributed by atoms with Crippen molar-refractivity contribution in [2.45, 2.75) is 45.9 Å². The third-order valence-corrected chi connectivity index (χ3v) is 6.89. The van der Waals surface area contributed by atoms with Gasteiger partial charge in [0, 0.05) is 24.8 Å². The molecule has 1 saturated heterocycles. The van der Waals surface area contributed by atoms with Gasteiger partial charge in [0.15, 0.2) is 0 Å². The highest BCUT2D eigenvalue weighted by Crippen LogP contribution is 2.29. The van der Waals surface area contributed by atoms with E-state index in [1.54, 1.807) is 42.5 Å². The largest absolute Gasteiger partial charge is 0.489 e. The van der Waals surface area contributed by atoms with Gasteiger partial charge >= 0.3 is 11.4 Å². The van der Waals surface area contributed by atoms with Gasteiger partial charge in [-0.2, -0.15) is 4.68 Å². The van der Waals surface area contributed by atoms with Crippen LogP contribution in [0.15, 0.2) is 57.0 Å². The number of carbonyl (C=O) groups excluding carboxylic acids is 1. The molecule has 0 atom stereocenters. The molecule has 1 fully saturated rings. The van der Waals surface area contributed by atoms with Crippen molar-refractivity contribution >= 4 is 34.8 Å². The highest BCUT2D eigenvalue weighted by Gasteiger charge is 2.19. The van der Waals surface area contributed by atoms with Gasteiger partial charge in [-0.25, -0.2) is 19.1 Å². The first-order valence-electron chi connectivity index (χ1n) is 12.9. The predicted molar refractivity (Wildman–Crippen MR) is 153 cm³/mol. The molecule has 1 aliphatic heterocycles. The topological polar surface area (TPSA) is 135 Å². The molecule has 0 radical (unpaired) electrons. The van der Waals surface area contributed by atoms with Gasteiger partial charge in [0.2, 0.25) is 11.5 Å². The van der Waals surface area contributed by atoms with Crippen molar-refractivity contribution in [2.24, 2.45) is 10.9 Å². The summed E-state index contributed by atoms with van der Waals surface area (Å²) >= 11 is 12.4. The van der Waals surface area contributed by atoms with E-state index in [0.717, 1.165) is 22.1 Å². The van der Waals surface area contributed by atoms with Gasteiger partial charge in [0.05, 0.1) is 23.4 Å². The van der Waals surface area contributed by atoms with Crippen LogP contribution in [0.1, 0.15) is 32.3 Å². The van der Waals surface area contributed by atoms with Crippen LogP contribution in [0.5, 0.6) is 5.75 Å². The van der Waals surface area contributed by atoms with Crippen LogP contribution >= 0.6 is 23.2 Å². The molecule has 214 valence electrons. The van der Waals surface area contributed by atoms with Crippen LogP contribution in [-0.2, 0) is 22.6 Å². The molecule has 2 heterocycles. The van der Waals surface area contributed by atoms with Crippen molar-refractivity contribution in [3.63, 3.8) is 0 Å². The molecule has 3 aromatic rings. The minimum absolute atomic E-state index is 0.0122. The molecule has 4 rings (SSSR count). The van der Waals surface area contributed by atoms with Gasteiger partial charge in [-0.3, -0.25) is 9.36 Å². The molecule has 2 aromatic carbocycles. The summed E-state index contributed by atoms with van der Waals surface area (Å²) in [4.78, 5) is 44.1. The number of nitrogen functional groups attached to an aromatic ring is 1. The summed E-state index contributed by atoms with van der Waals surface area (Å²) in [5.41, 5.74) is -0.709. The van der Waals surface area contributed by atoms with E-state index in [4.69, 9.17) is 38.5 Å². The first-order chi connectivity index (χ1) is 19.1. The summed E-state index contributed by atoms with van der Waals surface area (Å²) in [6, 6.07) is 11.7. The third-order valence-electron chi connectivity index (χ3n) is 6.35. The molecular weight excluding hydrogens is 559 g/mol. The molecule has 40 heavy (non-hydrogen) atoms. The average Bonchev–Trinajstić information content (AvgIpc) is 2.93. The second-order valence-electron chi connectivity index (χ2n) is 9.79. The Balaban J connectivity index is 1.73. The van der Waals surface area contributed by atoms with Crippen molar-refractivity contribution < 1.29 is 14.3 Å². The number of nitrogens with zero attached hydrogens (tertiary/aromatic N) is 4. The van der Waals surface area contributed by atoms with E-state index < -0.39 is 23.8 Å². The van der Waals surface area contributed by atoms with Gasteiger partial charge in [0.25, 0.3) is 0 Å². The lowest BCUT2D eigenvalue weighted by Gasteiger charge is -2.22. The van der Waals surface area contributed by atoms with Crippen LogP contribution in [0.3, 0.4) is 0 Å². The maximum Gasteiger partial charge on any atom is 0.354 e. The van der Waals surface area contributed by atoms with Gasteiger partial charge in [-0.05, 0) is 68.5 Å². The Morgan fingerprint density at radius 3 is 2.45 bits per heavy atom. The first-order valence-corrected chi connectivity index (χ1v) is 13.7. The number of nitrogens with two attached hydrogens (primary N) is 1. The van der Waals surface area contributed by atoms with Crippen LogP contribution < -0.4 is 32.9 Å². The summed E-state index contributed by atoms with van der Waals surface area (Å²) in [7, 11) is 0. The molecule has 1 aromatic heterocycles. The van der Waals surface area contributed by atoms with Gasteiger partial charge < -0.3 is 20.6 Å². The zero-order valence-corrected chi connectivity index (χ0v) is 23.8. The summed E-state index contributed by atoms with van der Waals surface area (Å²) in [6.45, 7) is 5.00. The molecular formula is C27H32Cl2N6O5. The highest BCUT2D eigenvalue weighted by molar-refractivity contribution is 6.32. The summed E-state index contributed by atoms with van der Waals surface area (Å²) in [6.07, 6.45) is 1.58. The second kappa shape index (κ2) is 13.2. The number of carbonyl (C=O) groups is 1. The Morgan fingerprint density at radius 2 is 1.80 bits per heavy atom. The fraction of sp³-hybridized carbons (Fsp3) is 0.407. The number of amides is 1. The summed E-state index contributed by atoms with van der Waals surface area (Å²) < 4.78 is 13.8. The fourth-order valence-electron chi connectivity index (χ4n) is 4.25. The Kier molecular flexibility index (Phi) is 9.72. The molecule has 0 spiro atoms. The van der Waals surface area contributed by atoms with Crippen molar-refractivity contribution in [1.82, 2.24) is 19.1 Å². The maximum absolute atomic E-state index is 13.6. The van der Waals surface area contributed by atoms with Crippen molar-refractivity contribution in [3.8, 4) is 5.75 Å². The molecule has 0 unspecified atom stereocenters. The van der Waals surface area contributed by atoms with Crippen molar-refractivity contribution in [2.75, 3.05) is 25.6 Å². The van der Waals surface area contributed by atoms with Crippen LogP contribution in [0.2, 0.25) is 10.0 Å². The molecule has 0 aliphatic carbocycles. The van der Waals surface area contributed by atoms with Crippen LogP contribution in [0, 0.1) is 5.92 Å². The number of hydrogen-bond donors (Lipinski definition) is 2. The number of halogens is 2. The number of benzene rings is 2. The van der Waals surface area contributed by atoms with E-state index >= 15 is 0 Å². The Bertz CT molecular complexity index is 1540. The molecule has 0 saturated carbocycles. The number of ether oxygens (including phenoxy) is 2. The lowest BCUT2D eigenvalue weighted by Crippen LogP contribution is -2.58. The Hall–Kier alpha value is -3.54. The quantitative estimate of drug-likeness (QED) is 0.367. The second-order valence-corrected chi connectivity index (χ2v) is 10.6. The molecule has 11 nitrogen and oxygen atoms in total. The van der Waals surface area contributed by atoms with Crippen LogP contribution in [0.4, 0.5) is 5.69 Å². The number of aromatic nitrogens is 3. The third kappa shape index (κ3) is 7.35. The van der Waals surface area contributed by atoms with Gasteiger partial charge in [-0.15, -0.1) is 0 Å².